The number of hydrogen-bond acceptors (Lipinski definition) is 4. The van der Waals surface area contributed by atoms with Gasteiger partial charge in [-0.2, -0.15) is 0 Å². The van der Waals surface area contributed by atoms with Gasteiger partial charge in [0, 0.05) is 10.9 Å². The van der Waals surface area contributed by atoms with Crippen molar-refractivity contribution in [3.8, 4) is 11.1 Å². The standard InChI is InChI=1S/C22H20ClNO3S/c1-3-14-9-11-15(12-10-14)17-13-28-21(19(17)22(26)27-4-2)24-20(25)16-7-5-6-8-18(16)23/h5-13H,3-4H2,1-2H3,(H,24,25). The minimum atomic E-state index is -0.465. The van der Waals surface area contributed by atoms with Crippen molar-refractivity contribution in [3.05, 3.63) is 75.6 Å². The number of amides is 1. The van der Waals surface area contributed by atoms with Gasteiger partial charge >= 0.3 is 5.97 Å². The molecule has 3 aromatic rings. The summed E-state index contributed by atoms with van der Waals surface area (Å²) in [6.45, 7) is 4.09. The molecule has 144 valence electrons. The van der Waals surface area contributed by atoms with Crippen LogP contribution in [0.1, 0.15) is 40.1 Å². The van der Waals surface area contributed by atoms with Crippen molar-refractivity contribution >= 4 is 39.8 Å². The van der Waals surface area contributed by atoms with E-state index in [1.165, 1.54) is 16.9 Å². The van der Waals surface area contributed by atoms with Gasteiger partial charge in [0.2, 0.25) is 0 Å². The van der Waals surface area contributed by atoms with Gasteiger partial charge in [0.1, 0.15) is 10.6 Å². The predicted molar refractivity (Wildman–Crippen MR) is 114 cm³/mol. The average Bonchev–Trinajstić information content (AvgIpc) is 3.12. The Hall–Kier alpha value is -2.63. The van der Waals surface area contributed by atoms with Crippen LogP contribution in [0.3, 0.4) is 0 Å². The van der Waals surface area contributed by atoms with Crippen molar-refractivity contribution < 1.29 is 14.3 Å². The SMILES string of the molecule is CCOC(=O)c1c(-c2ccc(CC)cc2)csc1NC(=O)c1ccccc1Cl. The number of esters is 1. The van der Waals surface area contributed by atoms with Crippen LogP contribution in [-0.4, -0.2) is 18.5 Å². The Balaban J connectivity index is 1.99. The minimum absolute atomic E-state index is 0.251. The Kier molecular flexibility index (Phi) is 6.49. The first-order valence-electron chi connectivity index (χ1n) is 8.99. The highest BCUT2D eigenvalue weighted by Gasteiger charge is 2.23. The van der Waals surface area contributed by atoms with Gasteiger partial charge in [-0.3, -0.25) is 4.79 Å². The van der Waals surface area contributed by atoms with E-state index in [0.29, 0.717) is 21.2 Å². The van der Waals surface area contributed by atoms with Crippen molar-refractivity contribution in [2.24, 2.45) is 0 Å². The summed E-state index contributed by atoms with van der Waals surface area (Å²) in [5.74, 6) is -0.835. The van der Waals surface area contributed by atoms with Crippen molar-refractivity contribution in [1.82, 2.24) is 0 Å². The van der Waals surface area contributed by atoms with Crippen LogP contribution >= 0.6 is 22.9 Å². The smallest absolute Gasteiger partial charge is 0.341 e. The van der Waals surface area contributed by atoms with Crippen LogP contribution in [0.2, 0.25) is 5.02 Å². The molecule has 1 N–H and O–H groups in total. The lowest BCUT2D eigenvalue weighted by atomic mass is 10.0. The van der Waals surface area contributed by atoms with E-state index in [9.17, 15) is 9.59 Å². The number of carbonyl (C=O) groups excluding carboxylic acids is 2. The molecule has 0 bridgehead atoms. The van der Waals surface area contributed by atoms with Gasteiger partial charge in [0.25, 0.3) is 5.91 Å². The van der Waals surface area contributed by atoms with Crippen LogP contribution in [0.25, 0.3) is 11.1 Å². The molecular weight excluding hydrogens is 394 g/mol. The van der Waals surface area contributed by atoms with Gasteiger partial charge in [-0.15, -0.1) is 11.3 Å². The molecular formula is C22H20ClNO3S. The molecule has 6 heteroatoms. The van der Waals surface area contributed by atoms with E-state index in [1.54, 1.807) is 31.2 Å². The highest BCUT2D eigenvalue weighted by Crippen LogP contribution is 2.37. The Morgan fingerprint density at radius 2 is 1.79 bits per heavy atom. The predicted octanol–water partition coefficient (Wildman–Crippen LogP) is 6.06. The summed E-state index contributed by atoms with van der Waals surface area (Å²) in [7, 11) is 0. The highest BCUT2D eigenvalue weighted by atomic mass is 35.5. The second kappa shape index (κ2) is 9.04. The topological polar surface area (TPSA) is 55.4 Å². The number of aryl methyl sites for hydroxylation is 1. The molecule has 0 aliphatic heterocycles. The van der Waals surface area contributed by atoms with Crippen LogP contribution in [0.15, 0.2) is 53.9 Å². The Labute approximate surface area is 173 Å². The number of nitrogens with one attached hydrogen (secondary N) is 1. The fraction of sp³-hybridized carbons (Fsp3) is 0.182. The molecule has 2 aromatic carbocycles. The molecule has 0 aliphatic carbocycles. The average molecular weight is 414 g/mol. The van der Waals surface area contributed by atoms with Crippen molar-refractivity contribution in [2.45, 2.75) is 20.3 Å². The first-order valence-corrected chi connectivity index (χ1v) is 10.2. The molecule has 0 fully saturated rings. The zero-order valence-electron chi connectivity index (χ0n) is 15.6. The van der Waals surface area contributed by atoms with Crippen LogP contribution < -0.4 is 5.32 Å². The summed E-state index contributed by atoms with van der Waals surface area (Å²) in [4.78, 5) is 25.3. The summed E-state index contributed by atoms with van der Waals surface area (Å²) in [6.07, 6.45) is 0.938. The largest absolute Gasteiger partial charge is 0.462 e. The van der Waals surface area contributed by atoms with Crippen molar-refractivity contribution in [1.29, 1.82) is 0 Å². The maximum absolute atomic E-state index is 12.7. The molecule has 1 amide bonds. The lowest BCUT2D eigenvalue weighted by Crippen LogP contribution is -2.15. The first kappa shape index (κ1) is 20.1. The second-order valence-corrected chi connectivity index (χ2v) is 7.35. The molecule has 0 spiro atoms. The highest BCUT2D eigenvalue weighted by molar-refractivity contribution is 7.15. The first-order chi connectivity index (χ1) is 13.5. The van der Waals surface area contributed by atoms with Gasteiger partial charge in [0.15, 0.2) is 0 Å². The number of rotatable bonds is 6. The van der Waals surface area contributed by atoms with Gasteiger partial charge in [-0.05, 0) is 36.6 Å². The number of hydrogen-bond donors (Lipinski definition) is 1. The van der Waals surface area contributed by atoms with Crippen LogP contribution in [0, 0.1) is 0 Å². The Bertz CT molecular complexity index is 995. The van der Waals surface area contributed by atoms with Gasteiger partial charge in [-0.25, -0.2) is 4.79 Å². The summed E-state index contributed by atoms with van der Waals surface area (Å²) >= 11 is 7.41. The zero-order chi connectivity index (χ0) is 20.1. The van der Waals surface area contributed by atoms with Crippen molar-refractivity contribution in [3.63, 3.8) is 0 Å². The molecule has 0 saturated heterocycles. The molecule has 1 heterocycles. The van der Waals surface area contributed by atoms with Gasteiger partial charge in [-0.1, -0.05) is 54.9 Å². The van der Waals surface area contributed by atoms with Crippen LogP contribution in [-0.2, 0) is 11.2 Å². The van der Waals surface area contributed by atoms with E-state index in [0.717, 1.165) is 17.5 Å². The van der Waals surface area contributed by atoms with Gasteiger partial charge in [0.05, 0.1) is 17.2 Å². The van der Waals surface area contributed by atoms with E-state index in [4.69, 9.17) is 16.3 Å². The normalized spacial score (nSPS) is 10.5. The summed E-state index contributed by atoms with van der Waals surface area (Å²) in [6, 6.07) is 14.8. The molecule has 4 nitrogen and oxygen atoms in total. The molecule has 0 saturated carbocycles. The van der Waals surface area contributed by atoms with Crippen LogP contribution in [0.4, 0.5) is 5.00 Å². The number of halogens is 1. The van der Waals surface area contributed by atoms with E-state index >= 15 is 0 Å². The molecule has 3 rings (SSSR count). The molecule has 28 heavy (non-hydrogen) atoms. The number of benzene rings is 2. The molecule has 0 aliphatic rings. The molecule has 1 aromatic heterocycles. The Morgan fingerprint density at radius 3 is 2.43 bits per heavy atom. The molecule has 0 radical (unpaired) electrons. The minimum Gasteiger partial charge on any atom is -0.462 e. The lowest BCUT2D eigenvalue weighted by molar-refractivity contribution is 0.0529. The van der Waals surface area contributed by atoms with Crippen LogP contribution in [0.5, 0.6) is 0 Å². The Morgan fingerprint density at radius 1 is 1.07 bits per heavy atom. The van der Waals surface area contributed by atoms with Gasteiger partial charge < -0.3 is 10.1 Å². The molecule has 0 atom stereocenters. The fourth-order valence-electron chi connectivity index (χ4n) is 2.80. The molecule has 0 unspecified atom stereocenters. The van der Waals surface area contributed by atoms with Crippen molar-refractivity contribution in [2.75, 3.05) is 11.9 Å². The number of anilines is 1. The monoisotopic (exact) mass is 413 g/mol. The second-order valence-electron chi connectivity index (χ2n) is 6.06. The number of ether oxygens (including phenoxy) is 1. The quantitative estimate of drug-likeness (QED) is 0.499. The number of carbonyl (C=O) groups is 2. The maximum Gasteiger partial charge on any atom is 0.341 e. The fourth-order valence-corrected chi connectivity index (χ4v) is 3.98. The van der Waals surface area contributed by atoms with E-state index < -0.39 is 5.97 Å². The zero-order valence-corrected chi connectivity index (χ0v) is 17.2. The third-order valence-electron chi connectivity index (χ3n) is 4.29. The summed E-state index contributed by atoms with van der Waals surface area (Å²) in [5, 5.41) is 5.46. The lowest BCUT2D eigenvalue weighted by Gasteiger charge is -2.10. The van der Waals surface area contributed by atoms with E-state index in [-0.39, 0.29) is 12.5 Å². The third-order valence-corrected chi connectivity index (χ3v) is 5.51. The summed E-state index contributed by atoms with van der Waals surface area (Å²) < 4.78 is 5.24. The summed E-state index contributed by atoms with van der Waals surface area (Å²) in [5.41, 5.74) is 3.55. The van der Waals surface area contributed by atoms with E-state index in [1.807, 2.05) is 29.6 Å². The number of thiophene rings is 1. The van der Waals surface area contributed by atoms with E-state index in [2.05, 4.69) is 12.2 Å². The third kappa shape index (κ3) is 4.26. The maximum atomic E-state index is 12.7.